The highest BCUT2D eigenvalue weighted by Gasteiger charge is 2.25. The zero-order chi connectivity index (χ0) is 20.5. The molecule has 2 heterocycles. The number of hydrogen-bond acceptors (Lipinski definition) is 3. The van der Waals surface area contributed by atoms with Crippen LogP contribution in [-0.2, 0) is 6.42 Å². The van der Waals surface area contributed by atoms with Crippen molar-refractivity contribution in [2.45, 2.75) is 65.7 Å². The molecular formula is C26H36N2O. The van der Waals surface area contributed by atoms with Crippen LogP contribution in [0.1, 0.15) is 73.3 Å². The molecule has 2 aromatic carbocycles. The number of hydrogen-bond donors (Lipinski definition) is 2. The lowest BCUT2D eigenvalue weighted by Crippen LogP contribution is -2.25. The van der Waals surface area contributed by atoms with Gasteiger partial charge in [-0.15, -0.1) is 0 Å². The lowest BCUT2D eigenvalue weighted by Gasteiger charge is -2.31. The third kappa shape index (κ3) is 3.97. The van der Waals surface area contributed by atoms with Crippen LogP contribution in [-0.4, -0.2) is 19.7 Å². The highest BCUT2D eigenvalue weighted by atomic mass is 16.5. The van der Waals surface area contributed by atoms with Crippen molar-refractivity contribution in [2.75, 3.05) is 30.3 Å². The Labute approximate surface area is 176 Å². The van der Waals surface area contributed by atoms with Gasteiger partial charge in [0.2, 0.25) is 0 Å². The number of fused-ring (bicyclic) bond motifs is 2. The summed E-state index contributed by atoms with van der Waals surface area (Å²) in [6.45, 7) is 14.3. The molecule has 0 saturated carbocycles. The maximum Gasteiger partial charge on any atom is 0.142 e. The van der Waals surface area contributed by atoms with Gasteiger partial charge in [-0.05, 0) is 84.7 Å². The van der Waals surface area contributed by atoms with Crippen molar-refractivity contribution >= 4 is 11.4 Å². The van der Waals surface area contributed by atoms with E-state index in [9.17, 15) is 0 Å². The van der Waals surface area contributed by atoms with Crippen LogP contribution < -0.4 is 15.4 Å². The molecule has 3 nitrogen and oxygen atoms in total. The lowest BCUT2D eigenvalue weighted by molar-refractivity contribution is 0.322. The minimum Gasteiger partial charge on any atom is -0.491 e. The molecular weight excluding hydrogens is 356 g/mol. The Hall–Kier alpha value is -2.16. The van der Waals surface area contributed by atoms with Crippen molar-refractivity contribution < 1.29 is 4.74 Å². The molecule has 0 spiro atoms. The number of ether oxygens (including phenoxy) is 1. The fraction of sp³-hybridized carbons (Fsp3) is 0.538. The summed E-state index contributed by atoms with van der Waals surface area (Å²) in [6, 6.07) is 9.15. The third-order valence-corrected chi connectivity index (χ3v) is 6.86. The molecule has 156 valence electrons. The topological polar surface area (TPSA) is 33.3 Å². The second-order valence-corrected chi connectivity index (χ2v) is 9.34. The average molecular weight is 393 g/mol. The van der Waals surface area contributed by atoms with Crippen LogP contribution in [0.4, 0.5) is 11.4 Å². The molecule has 2 aliphatic heterocycles. The monoisotopic (exact) mass is 392 g/mol. The largest absolute Gasteiger partial charge is 0.491 e. The third-order valence-electron chi connectivity index (χ3n) is 6.86. The first-order valence-corrected chi connectivity index (χ1v) is 11.3. The molecule has 2 unspecified atom stereocenters. The van der Waals surface area contributed by atoms with E-state index in [4.69, 9.17) is 4.74 Å². The molecule has 0 aromatic heterocycles. The van der Waals surface area contributed by atoms with E-state index in [1.165, 1.54) is 52.0 Å². The van der Waals surface area contributed by atoms with Gasteiger partial charge in [0.15, 0.2) is 0 Å². The molecule has 2 aliphatic rings. The predicted octanol–water partition coefficient (Wildman–Crippen LogP) is 6.40. The van der Waals surface area contributed by atoms with E-state index in [0.29, 0.717) is 17.8 Å². The van der Waals surface area contributed by atoms with Crippen LogP contribution in [0.15, 0.2) is 24.3 Å². The Morgan fingerprint density at radius 2 is 1.72 bits per heavy atom. The van der Waals surface area contributed by atoms with Gasteiger partial charge in [0.1, 0.15) is 5.75 Å². The van der Waals surface area contributed by atoms with Crippen molar-refractivity contribution in [3.63, 3.8) is 0 Å². The normalized spacial score (nSPS) is 19.3. The maximum absolute atomic E-state index is 5.92. The standard InChI is InChI=1S/C26H36N2O/c1-16(2)22-8-7-21-14-20(15-28-25(21)18(22)4)13-17(3)23-9-10-24-26(19(23)5)27-11-6-12-29-24/h7-10,16-17,20,27-28H,6,11-15H2,1-5H3. The van der Waals surface area contributed by atoms with E-state index in [0.717, 1.165) is 31.9 Å². The zero-order valence-corrected chi connectivity index (χ0v) is 18.7. The van der Waals surface area contributed by atoms with Gasteiger partial charge in [-0.3, -0.25) is 0 Å². The smallest absolute Gasteiger partial charge is 0.142 e. The lowest BCUT2D eigenvalue weighted by atomic mass is 9.81. The molecule has 0 aliphatic carbocycles. The van der Waals surface area contributed by atoms with Crippen LogP contribution in [0.3, 0.4) is 0 Å². The van der Waals surface area contributed by atoms with Crippen molar-refractivity contribution in [3.05, 3.63) is 52.1 Å². The molecule has 2 N–H and O–H groups in total. The number of rotatable bonds is 4. The molecule has 0 radical (unpaired) electrons. The second kappa shape index (κ2) is 8.30. The summed E-state index contributed by atoms with van der Waals surface area (Å²) in [5.41, 5.74) is 9.81. The number of nitrogens with one attached hydrogen (secondary N) is 2. The molecule has 0 fully saturated rings. The second-order valence-electron chi connectivity index (χ2n) is 9.34. The van der Waals surface area contributed by atoms with Crippen LogP contribution in [0.25, 0.3) is 0 Å². The summed E-state index contributed by atoms with van der Waals surface area (Å²) in [4.78, 5) is 0. The van der Waals surface area contributed by atoms with Crippen LogP contribution in [0.5, 0.6) is 5.75 Å². The molecule has 0 saturated heterocycles. The summed E-state index contributed by atoms with van der Waals surface area (Å²) in [5, 5.41) is 7.36. The van der Waals surface area contributed by atoms with Crippen LogP contribution in [0, 0.1) is 19.8 Å². The SMILES string of the molecule is Cc1c(C(C)C)ccc2c1NCC(CC(C)c1ccc3c(c1C)NCCCO3)C2. The van der Waals surface area contributed by atoms with Gasteiger partial charge in [-0.1, -0.05) is 39.0 Å². The molecule has 0 amide bonds. The Bertz CT molecular complexity index is 887. The van der Waals surface area contributed by atoms with Gasteiger partial charge >= 0.3 is 0 Å². The van der Waals surface area contributed by atoms with Gasteiger partial charge in [-0.2, -0.15) is 0 Å². The van der Waals surface area contributed by atoms with Crippen molar-refractivity contribution in [1.29, 1.82) is 0 Å². The molecule has 2 aromatic rings. The van der Waals surface area contributed by atoms with Gasteiger partial charge in [0, 0.05) is 18.8 Å². The van der Waals surface area contributed by atoms with E-state index in [1.54, 1.807) is 0 Å². The van der Waals surface area contributed by atoms with E-state index >= 15 is 0 Å². The quantitative estimate of drug-likeness (QED) is 0.632. The first-order valence-electron chi connectivity index (χ1n) is 11.3. The Kier molecular flexibility index (Phi) is 5.76. The predicted molar refractivity (Wildman–Crippen MR) is 124 cm³/mol. The summed E-state index contributed by atoms with van der Waals surface area (Å²) in [7, 11) is 0. The van der Waals surface area contributed by atoms with E-state index in [-0.39, 0.29) is 0 Å². The van der Waals surface area contributed by atoms with Gasteiger partial charge in [-0.25, -0.2) is 0 Å². The average Bonchev–Trinajstić information content (AvgIpc) is 2.94. The van der Waals surface area contributed by atoms with Crippen LogP contribution in [0.2, 0.25) is 0 Å². The van der Waals surface area contributed by atoms with Gasteiger partial charge in [0.25, 0.3) is 0 Å². The van der Waals surface area contributed by atoms with Crippen molar-refractivity contribution in [2.24, 2.45) is 5.92 Å². The highest BCUT2D eigenvalue weighted by Crippen LogP contribution is 2.39. The minimum atomic E-state index is 0.537. The molecule has 29 heavy (non-hydrogen) atoms. The molecule has 2 atom stereocenters. The molecule has 0 bridgehead atoms. The first-order chi connectivity index (χ1) is 14.0. The highest BCUT2D eigenvalue weighted by molar-refractivity contribution is 5.65. The minimum absolute atomic E-state index is 0.537. The Morgan fingerprint density at radius 3 is 2.52 bits per heavy atom. The zero-order valence-electron chi connectivity index (χ0n) is 18.7. The van der Waals surface area contributed by atoms with Crippen molar-refractivity contribution in [3.8, 4) is 5.75 Å². The van der Waals surface area contributed by atoms with E-state index in [1.807, 2.05) is 0 Å². The maximum atomic E-state index is 5.92. The molecule has 3 heteroatoms. The summed E-state index contributed by atoms with van der Waals surface area (Å²) < 4.78 is 5.92. The first kappa shape index (κ1) is 20.1. The van der Waals surface area contributed by atoms with Gasteiger partial charge < -0.3 is 15.4 Å². The van der Waals surface area contributed by atoms with Crippen LogP contribution >= 0.6 is 0 Å². The van der Waals surface area contributed by atoms with Gasteiger partial charge in [0.05, 0.1) is 12.3 Å². The number of anilines is 2. The summed E-state index contributed by atoms with van der Waals surface area (Å²) >= 11 is 0. The fourth-order valence-electron chi connectivity index (χ4n) is 5.29. The summed E-state index contributed by atoms with van der Waals surface area (Å²) in [6.07, 6.45) is 3.44. The Morgan fingerprint density at radius 1 is 0.966 bits per heavy atom. The van der Waals surface area contributed by atoms with E-state index in [2.05, 4.69) is 69.5 Å². The fourth-order valence-corrected chi connectivity index (χ4v) is 5.29. The summed E-state index contributed by atoms with van der Waals surface area (Å²) in [5.74, 6) is 2.80. The molecule has 4 rings (SSSR count). The van der Waals surface area contributed by atoms with E-state index < -0.39 is 0 Å². The van der Waals surface area contributed by atoms with Crippen molar-refractivity contribution in [1.82, 2.24) is 0 Å². The Balaban J connectivity index is 1.50. The number of benzene rings is 2.